The summed E-state index contributed by atoms with van der Waals surface area (Å²) in [6.07, 6.45) is 1.90. The van der Waals surface area contributed by atoms with Crippen LogP contribution in [0.1, 0.15) is 53.3 Å². The maximum Gasteiger partial charge on any atom is 0.191 e. The molecule has 0 aliphatic rings. The van der Waals surface area contributed by atoms with Crippen LogP contribution in [0.15, 0.2) is 4.99 Å². The van der Waals surface area contributed by atoms with E-state index in [-0.39, 0.29) is 0 Å². The largest absolute Gasteiger partial charge is 0.357 e. The first kappa shape index (κ1) is 19.4. The Labute approximate surface area is 154 Å². The van der Waals surface area contributed by atoms with E-state index in [0.717, 1.165) is 41.7 Å². The molecule has 6 nitrogen and oxygen atoms in total. The minimum Gasteiger partial charge on any atom is -0.357 e. The number of nitrogens with zero attached hydrogens (tertiary/aromatic N) is 4. The molecule has 2 N–H and O–H groups in total. The second kappa shape index (κ2) is 8.99. The van der Waals surface area contributed by atoms with E-state index in [9.17, 15) is 0 Å². The molecule has 25 heavy (non-hydrogen) atoms. The highest BCUT2D eigenvalue weighted by Crippen LogP contribution is 2.17. The van der Waals surface area contributed by atoms with Crippen LogP contribution in [-0.4, -0.2) is 27.3 Å². The van der Waals surface area contributed by atoms with Gasteiger partial charge >= 0.3 is 0 Å². The number of hydrogen-bond acceptors (Lipinski definition) is 4. The van der Waals surface area contributed by atoms with E-state index >= 15 is 0 Å². The van der Waals surface area contributed by atoms with Crippen molar-refractivity contribution in [1.29, 1.82) is 0 Å². The first-order valence-corrected chi connectivity index (χ1v) is 9.80. The number of aromatic nitrogens is 3. The Hall–Kier alpha value is -1.89. The Kier molecular flexibility index (Phi) is 6.99. The molecule has 0 fully saturated rings. The van der Waals surface area contributed by atoms with Gasteiger partial charge in [0.15, 0.2) is 5.96 Å². The summed E-state index contributed by atoms with van der Waals surface area (Å²) in [5, 5.41) is 12.4. The third-order valence-corrected chi connectivity index (χ3v) is 5.32. The van der Waals surface area contributed by atoms with Gasteiger partial charge in [-0.2, -0.15) is 5.10 Å². The maximum absolute atomic E-state index is 4.78. The molecule has 0 radical (unpaired) electrons. The molecule has 2 heterocycles. The standard InChI is InChI=1S/C18H30N6S/c1-7-15-14(16(8-2)24(6)23-15)10-20-18(19-9-3)21-11-17-22-12(4)13(5)25-17/h7-11H2,1-6H3,(H2,19,20,21). The van der Waals surface area contributed by atoms with Gasteiger partial charge in [-0.05, 0) is 33.6 Å². The summed E-state index contributed by atoms with van der Waals surface area (Å²) in [5.74, 6) is 0.820. The van der Waals surface area contributed by atoms with Crippen molar-refractivity contribution >= 4 is 17.3 Å². The Morgan fingerprint density at radius 1 is 1.16 bits per heavy atom. The maximum atomic E-state index is 4.78. The van der Waals surface area contributed by atoms with Gasteiger partial charge < -0.3 is 10.6 Å². The van der Waals surface area contributed by atoms with Gasteiger partial charge in [0, 0.05) is 29.7 Å². The minimum atomic E-state index is 0.644. The Bertz CT molecular complexity index is 709. The number of thiazole rings is 1. The molecule has 2 aromatic heterocycles. The first-order valence-electron chi connectivity index (χ1n) is 8.98. The summed E-state index contributed by atoms with van der Waals surface area (Å²) in [4.78, 5) is 10.6. The highest BCUT2D eigenvalue weighted by Gasteiger charge is 2.13. The molecule has 7 heteroatoms. The summed E-state index contributed by atoms with van der Waals surface area (Å²) >= 11 is 1.73. The molecule has 0 unspecified atom stereocenters. The van der Waals surface area contributed by atoms with Crippen LogP contribution >= 0.6 is 11.3 Å². The lowest BCUT2D eigenvalue weighted by Gasteiger charge is -2.10. The van der Waals surface area contributed by atoms with Gasteiger partial charge in [-0.25, -0.2) is 9.98 Å². The van der Waals surface area contributed by atoms with E-state index in [1.165, 1.54) is 16.1 Å². The molecule has 0 aliphatic carbocycles. The summed E-state index contributed by atoms with van der Waals surface area (Å²) in [6, 6.07) is 0. The van der Waals surface area contributed by atoms with Crippen LogP contribution in [0.5, 0.6) is 0 Å². The van der Waals surface area contributed by atoms with Crippen molar-refractivity contribution in [3.8, 4) is 0 Å². The van der Waals surface area contributed by atoms with Crippen LogP contribution in [0, 0.1) is 13.8 Å². The fraction of sp³-hybridized carbons (Fsp3) is 0.611. The lowest BCUT2D eigenvalue weighted by atomic mass is 10.1. The number of nitrogens with one attached hydrogen (secondary N) is 2. The van der Waals surface area contributed by atoms with Crippen molar-refractivity contribution in [3.63, 3.8) is 0 Å². The topological polar surface area (TPSA) is 67.1 Å². The molecule has 2 rings (SSSR count). The quantitative estimate of drug-likeness (QED) is 0.587. The van der Waals surface area contributed by atoms with Gasteiger partial charge in [-0.3, -0.25) is 4.68 Å². The van der Waals surface area contributed by atoms with Gasteiger partial charge in [0.1, 0.15) is 5.01 Å². The van der Waals surface area contributed by atoms with Crippen molar-refractivity contribution in [1.82, 2.24) is 25.4 Å². The SMILES string of the molecule is CCNC(=NCc1c(CC)nn(C)c1CC)NCc1nc(C)c(C)s1. The van der Waals surface area contributed by atoms with E-state index in [0.29, 0.717) is 13.1 Å². The first-order chi connectivity index (χ1) is 12.0. The van der Waals surface area contributed by atoms with E-state index < -0.39 is 0 Å². The summed E-state index contributed by atoms with van der Waals surface area (Å²) in [5.41, 5.74) is 4.78. The second-order valence-electron chi connectivity index (χ2n) is 6.00. The van der Waals surface area contributed by atoms with E-state index in [1.807, 2.05) is 11.7 Å². The van der Waals surface area contributed by atoms with E-state index in [2.05, 4.69) is 55.3 Å². The molecule has 0 aromatic carbocycles. The highest BCUT2D eigenvalue weighted by molar-refractivity contribution is 7.11. The molecule has 0 spiro atoms. The van der Waals surface area contributed by atoms with Gasteiger partial charge in [-0.1, -0.05) is 13.8 Å². The molecular weight excluding hydrogens is 332 g/mol. The molecule has 0 saturated heterocycles. The van der Waals surface area contributed by atoms with Crippen LogP contribution < -0.4 is 10.6 Å². The second-order valence-corrected chi connectivity index (χ2v) is 7.29. The van der Waals surface area contributed by atoms with Crippen LogP contribution in [0.25, 0.3) is 0 Å². The third kappa shape index (κ3) is 4.81. The summed E-state index contributed by atoms with van der Waals surface area (Å²) in [7, 11) is 2.02. The van der Waals surface area contributed by atoms with Crippen molar-refractivity contribution in [3.05, 3.63) is 32.5 Å². The number of hydrogen-bond donors (Lipinski definition) is 2. The van der Waals surface area contributed by atoms with Gasteiger partial charge in [0.2, 0.25) is 0 Å². The molecule has 0 bridgehead atoms. The summed E-state index contributed by atoms with van der Waals surface area (Å²) in [6.45, 7) is 12.7. The predicted molar refractivity (Wildman–Crippen MR) is 105 cm³/mol. The van der Waals surface area contributed by atoms with Gasteiger partial charge in [0.05, 0.1) is 24.5 Å². The zero-order valence-corrected chi connectivity index (χ0v) is 17.0. The minimum absolute atomic E-state index is 0.644. The monoisotopic (exact) mass is 362 g/mol. The van der Waals surface area contributed by atoms with E-state index in [4.69, 9.17) is 4.99 Å². The number of rotatable bonds is 7. The normalized spacial score (nSPS) is 11.8. The van der Waals surface area contributed by atoms with Crippen molar-refractivity contribution in [2.24, 2.45) is 12.0 Å². The zero-order chi connectivity index (χ0) is 18.4. The van der Waals surface area contributed by atoms with Crippen LogP contribution in [0.4, 0.5) is 0 Å². The molecular formula is C18H30N6S. The fourth-order valence-corrected chi connectivity index (χ4v) is 3.72. The van der Waals surface area contributed by atoms with Gasteiger partial charge in [-0.15, -0.1) is 11.3 Å². The average molecular weight is 363 g/mol. The smallest absolute Gasteiger partial charge is 0.191 e. The average Bonchev–Trinajstić information content (AvgIpc) is 3.08. The third-order valence-electron chi connectivity index (χ3n) is 4.25. The summed E-state index contributed by atoms with van der Waals surface area (Å²) < 4.78 is 1.99. The molecule has 138 valence electrons. The van der Waals surface area contributed by atoms with Crippen molar-refractivity contribution in [2.45, 2.75) is 60.5 Å². The number of aryl methyl sites for hydroxylation is 4. The molecule has 0 atom stereocenters. The van der Waals surface area contributed by atoms with Crippen molar-refractivity contribution in [2.75, 3.05) is 6.54 Å². The van der Waals surface area contributed by atoms with Crippen molar-refractivity contribution < 1.29 is 0 Å². The van der Waals surface area contributed by atoms with Crippen LogP contribution in [-0.2, 0) is 33.0 Å². The van der Waals surface area contributed by atoms with Crippen LogP contribution in [0.3, 0.4) is 0 Å². The number of guanidine groups is 1. The fourth-order valence-electron chi connectivity index (χ4n) is 2.85. The Balaban J connectivity index is 2.11. The van der Waals surface area contributed by atoms with E-state index in [1.54, 1.807) is 11.3 Å². The molecule has 0 saturated carbocycles. The van der Waals surface area contributed by atoms with Gasteiger partial charge in [0.25, 0.3) is 0 Å². The van der Waals surface area contributed by atoms with Crippen LogP contribution in [0.2, 0.25) is 0 Å². The highest BCUT2D eigenvalue weighted by atomic mass is 32.1. The molecule has 0 aliphatic heterocycles. The molecule has 2 aromatic rings. The Morgan fingerprint density at radius 3 is 2.48 bits per heavy atom. The Morgan fingerprint density at radius 2 is 1.92 bits per heavy atom. The lowest BCUT2D eigenvalue weighted by Crippen LogP contribution is -2.36. The lowest BCUT2D eigenvalue weighted by molar-refractivity contribution is 0.703. The molecule has 0 amide bonds. The predicted octanol–water partition coefficient (Wildman–Crippen LogP) is 2.87. The zero-order valence-electron chi connectivity index (χ0n) is 16.2. The number of aliphatic imine (C=N–C) groups is 1.